The molecule has 4 heteroatoms. The molecule has 0 aliphatic rings. The quantitative estimate of drug-likeness (QED) is 0.828. The summed E-state index contributed by atoms with van der Waals surface area (Å²) in [4.78, 5) is 13.8. The summed E-state index contributed by atoms with van der Waals surface area (Å²) in [5.74, 6) is -0.0308. The van der Waals surface area contributed by atoms with Crippen LogP contribution < -0.4 is 0 Å². The van der Waals surface area contributed by atoms with E-state index in [1.54, 1.807) is 30.1 Å². The summed E-state index contributed by atoms with van der Waals surface area (Å²) in [6.07, 6.45) is 0. The summed E-state index contributed by atoms with van der Waals surface area (Å²) < 4.78 is 0. The van der Waals surface area contributed by atoms with Crippen molar-refractivity contribution in [3.05, 3.63) is 69.7 Å². The summed E-state index contributed by atoms with van der Waals surface area (Å²) in [6, 6.07) is 14.5. The van der Waals surface area contributed by atoms with E-state index in [4.69, 9.17) is 23.2 Å². The average Bonchev–Trinajstić information content (AvgIpc) is 2.37. The zero-order chi connectivity index (χ0) is 13.8. The van der Waals surface area contributed by atoms with Gasteiger partial charge in [0, 0.05) is 29.2 Å². The minimum Gasteiger partial charge on any atom is -0.337 e. The molecule has 0 atom stereocenters. The molecule has 0 fully saturated rings. The van der Waals surface area contributed by atoms with Crippen molar-refractivity contribution in [3.8, 4) is 0 Å². The highest BCUT2D eigenvalue weighted by molar-refractivity contribution is 6.34. The van der Waals surface area contributed by atoms with Crippen LogP contribution in [0.5, 0.6) is 0 Å². The van der Waals surface area contributed by atoms with Crippen LogP contribution in [-0.2, 0) is 6.54 Å². The molecule has 0 spiro atoms. The van der Waals surface area contributed by atoms with Gasteiger partial charge in [-0.2, -0.15) is 0 Å². The first kappa shape index (κ1) is 13.9. The SMILES string of the molecule is CN(Cc1cc(Cl)cc(Cl)c1)C(=O)c1ccccc1. The lowest BCUT2D eigenvalue weighted by atomic mass is 10.1. The molecule has 1 amide bonds. The molecule has 2 aromatic rings. The molecule has 2 nitrogen and oxygen atoms in total. The normalized spacial score (nSPS) is 10.3. The van der Waals surface area contributed by atoms with E-state index in [0.29, 0.717) is 22.2 Å². The van der Waals surface area contributed by atoms with Crippen LogP contribution in [-0.4, -0.2) is 17.9 Å². The highest BCUT2D eigenvalue weighted by atomic mass is 35.5. The smallest absolute Gasteiger partial charge is 0.253 e. The first-order valence-electron chi connectivity index (χ1n) is 5.82. The number of carbonyl (C=O) groups excluding carboxylic acids is 1. The number of benzene rings is 2. The van der Waals surface area contributed by atoms with E-state index in [-0.39, 0.29) is 5.91 Å². The fourth-order valence-corrected chi connectivity index (χ4v) is 2.42. The second-order valence-corrected chi connectivity index (χ2v) is 5.18. The number of rotatable bonds is 3. The van der Waals surface area contributed by atoms with Crippen LogP contribution in [0.1, 0.15) is 15.9 Å². The molecule has 0 saturated carbocycles. The van der Waals surface area contributed by atoms with Gasteiger partial charge in [-0.05, 0) is 35.9 Å². The fraction of sp³-hybridized carbons (Fsp3) is 0.133. The summed E-state index contributed by atoms with van der Waals surface area (Å²) in [6.45, 7) is 0.466. The lowest BCUT2D eigenvalue weighted by molar-refractivity contribution is 0.0785. The molecule has 2 rings (SSSR count). The van der Waals surface area contributed by atoms with Gasteiger partial charge < -0.3 is 4.90 Å². The maximum atomic E-state index is 12.2. The Morgan fingerprint density at radius 3 is 2.21 bits per heavy atom. The van der Waals surface area contributed by atoms with Crippen LogP contribution >= 0.6 is 23.2 Å². The molecule has 19 heavy (non-hydrogen) atoms. The minimum atomic E-state index is -0.0308. The second kappa shape index (κ2) is 6.09. The van der Waals surface area contributed by atoms with Crippen molar-refractivity contribution >= 4 is 29.1 Å². The predicted molar refractivity (Wildman–Crippen MR) is 78.7 cm³/mol. The molecule has 2 aromatic carbocycles. The van der Waals surface area contributed by atoms with E-state index in [2.05, 4.69) is 0 Å². The van der Waals surface area contributed by atoms with Crippen LogP contribution in [0.3, 0.4) is 0 Å². The molecular weight excluding hydrogens is 281 g/mol. The highest BCUT2D eigenvalue weighted by Crippen LogP contribution is 2.20. The lowest BCUT2D eigenvalue weighted by Gasteiger charge is -2.17. The molecule has 0 aliphatic carbocycles. The first-order chi connectivity index (χ1) is 9.06. The Bertz CT molecular complexity index is 564. The fourth-order valence-electron chi connectivity index (χ4n) is 1.85. The van der Waals surface area contributed by atoms with Gasteiger partial charge in [-0.3, -0.25) is 4.79 Å². The van der Waals surface area contributed by atoms with Crippen molar-refractivity contribution in [2.24, 2.45) is 0 Å². The van der Waals surface area contributed by atoms with Gasteiger partial charge in [0.05, 0.1) is 0 Å². The van der Waals surface area contributed by atoms with Gasteiger partial charge in [-0.1, -0.05) is 41.4 Å². The van der Waals surface area contributed by atoms with Gasteiger partial charge >= 0.3 is 0 Å². The zero-order valence-corrected chi connectivity index (χ0v) is 11.9. The molecule has 0 aliphatic heterocycles. The summed E-state index contributed by atoms with van der Waals surface area (Å²) in [7, 11) is 1.75. The Morgan fingerprint density at radius 1 is 1.05 bits per heavy atom. The average molecular weight is 294 g/mol. The van der Waals surface area contributed by atoms with E-state index in [1.165, 1.54) is 0 Å². The Hall–Kier alpha value is -1.51. The van der Waals surface area contributed by atoms with Gasteiger partial charge in [-0.25, -0.2) is 0 Å². The molecule has 0 N–H and O–H groups in total. The van der Waals surface area contributed by atoms with Crippen molar-refractivity contribution in [3.63, 3.8) is 0 Å². The summed E-state index contributed by atoms with van der Waals surface area (Å²) >= 11 is 11.9. The van der Waals surface area contributed by atoms with Crippen molar-refractivity contribution in [1.29, 1.82) is 0 Å². The van der Waals surface area contributed by atoms with Crippen LogP contribution in [0.15, 0.2) is 48.5 Å². The summed E-state index contributed by atoms with van der Waals surface area (Å²) in [5, 5.41) is 1.14. The van der Waals surface area contributed by atoms with Gasteiger partial charge in [0.25, 0.3) is 5.91 Å². The topological polar surface area (TPSA) is 20.3 Å². The number of halogens is 2. The number of carbonyl (C=O) groups is 1. The summed E-state index contributed by atoms with van der Waals surface area (Å²) in [5.41, 5.74) is 1.57. The van der Waals surface area contributed by atoms with Crippen LogP contribution in [0.25, 0.3) is 0 Å². The molecule has 0 aromatic heterocycles. The molecule has 0 bridgehead atoms. The standard InChI is InChI=1S/C15H13Cl2NO/c1-18(15(19)12-5-3-2-4-6-12)10-11-7-13(16)9-14(17)8-11/h2-9H,10H2,1H3. The van der Waals surface area contributed by atoms with Gasteiger partial charge in [0.1, 0.15) is 0 Å². The number of hydrogen-bond acceptors (Lipinski definition) is 1. The zero-order valence-electron chi connectivity index (χ0n) is 10.4. The molecular formula is C15H13Cl2NO. The monoisotopic (exact) mass is 293 g/mol. The maximum absolute atomic E-state index is 12.2. The number of nitrogens with zero attached hydrogens (tertiary/aromatic N) is 1. The van der Waals surface area contributed by atoms with E-state index >= 15 is 0 Å². The second-order valence-electron chi connectivity index (χ2n) is 4.30. The van der Waals surface area contributed by atoms with Crippen molar-refractivity contribution in [2.45, 2.75) is 6.54 Å². The number of hydrogen-bond donors (Lipinski definition) is 0. The van der Waals surface area contributed by atoms with E-state index in [0.717, 1.165) is 5.56 Å². The lowest BCUT2D eigenvalue weighted by Crippen LogP contribution is -2.26. The minimum absolute atomic E-state index is 0.0308. The van der Waals surface area contributed by atoms with Crippen molar-refractivity contribution in [1.82, 2.24) is 4.90 Å². The van der Waals surface area contributed by atoms with Gasteiger partial charge in [-0.15, -0.1) is 0 Å². The van der Waals surface area contributed by atoms with Crippen LogP contribution in [0.4, 0.5) is 0 Å². The molecule has 0 heterocycles. The third-order valence-electron chi connectivity index (χ3n) is 2.71. The Morgan fingerprint density at radius 2 is 1.63 bits per heavy atom. The van der Waals surface area contributed by atoms with Crippen LogP contribution in [0, 0.1) is 0 Å². The predicted octanol–water partition coefficient (Wildman–Crippen LogP) is 4.27. The molecule has 0 unspecified atom stereocenters. The largest absolute Gasteiger partial charge is 0.337 e. The van der Waals surface area contributed by atoms with E-state index in [9.17, 15) is 4.79 Å². The van der Waals surface area contributed by atoms with Crippen molar-refractivity contribution in [2.75, 3.05) is 7.05 Å². The third kappa shape index (κ3) is 3.72. The third-order valence-corrected chi connectivity index (χ3v) is 3.15. The molecule has 98 valence electrons. The van der Waals surface area contributed by atoms with Gasteiger partial charge in [0.15, 0.2) is 0 Å². The van der Waals surface area contributed by atoms with Gasteiger partial charge in [0.2, 0.25) is 0 Å². The van der Waals surface area contributed by atoms with Crippen LogP contribution in [0.2, 0.25) is 10.0 Å². The Balaban J connectivity index is 2.13. The van der Waals surface area contributed by atoms with E-state index in [1.807, 2.05) is 30.3 Å². The van der Waals surface area contributed by atoms with E-state index < -0.39 is 0 Å². The molecule has 0 saturated heterocycles. The Labute approximate surface area is 122 Å². The van der Waals surface area contributed by atoms with Crippen molar-refractivity contribution < 1.29 is 4.79 Å². The Kier molecular flexibility index (Phi) is 4.46. The highest BCUT2D eigenvalue weighted by Gasteiger charge is 2.11. The first-order valence-corrected chi connectivity index (χ1v) is 6.57. The number of amides is 1. The maximum Gasteiger partial charge on any atom is 0.253 e. The molecule has 0 radical (unpaired) electrons.